The number of para-hydroxylation sites is 1. The number of amides is 3. The van der Waals surface area contributed by atoms with Crippen LogP contribution in [0.15, 0.2) is 48.5 Å². The highest BCUT2D eigenvalue weighted by molar-refractivity contribution is 6.30. The summed E-state index contributed by atoms with van der Waals surface area (Å²) in [5.74, 6) is -0.803. The molecule has 2 aliphatic heterocycles. The van der Waals surface area contributed by atoms with E-state index in [1.165, 1.54) is 9.80 Å². The summed E-state index contributed by atoms with van der Waals surface area (Å²) >= 11 is 5.94. The standard InChI is InChI=1S/C21H20ClN3O3/c1-13(14-7-9-15(22)10-8-14)23-20(28)21-12-11-18(26)25(21)17-6-4-3-5-16(17)19(27)24(21)2/h3-10,13H,11-12H2,1-2H3,(H,23,28)/t13-,21-/m1/s1. The molecule has 1 fully saturated rings. The lowest BCUT2D eigenvalue weighted by atomic mass is 9.95. The molecular formula is C21H20ClN3O3. The van der Waals surface area contributed by atoms with Crippen molar-refractivity contribution < 1.29 is 14.4 Å². The summed E-state index contributed by atoms with van der Waals surface area (Å²) < 4.78 is 0. The molecular weight excluding hydrogens is 378 g/mol. The van der Waals surface area contributed by atoms with E-state index in [1.54, 1.807) is 43.4 Å². The molecule has 1 saturated heterocycles. The van der Waals surface area contributed by atoms with Crippen LogP contribution in [0.2, 0.25) is 5.02 Å². The van der Waals surface area contributed by atoms with Crippen LogP contribution >= 0.6 is 11.6 Å². The van der Waals surface area contributed by atoms with Crippen molar-refractivity contribution in [2.75, 3.05) is 11.9 Å². The van der Waals surface area contributed by atoms with E-state index in [0.29, 0.717) is 16.3 Å². The zero-order valence-corrected chi connectivity index (χ0v) is 16.4. The molecule has 2 heterocycles. The number of nitrogens with one attached hydrogen (secondary N) is 1. The number of fused-ring (bicyclic) bond motifs is 3. The third kappa shape index (κ3) is 2.59. The number of benzene rings is 2. The Hall–Kier alpha value is -2.86. The lowest BCUT2D eigenvalue weighted by Gasteiger charge is -2.47. The lowest BCUT2D eigenvalue weighted by molar-refractivity contribution is -0.133. The van der Waals surface area contributed by atoms with Gasteiger partial charge >= 0.3 is 0 Å². The van der Waals surface area contributed by atoms with Gasteiger partial charge in [0.05, 0.1) is 17.3 Å². The molecule has 7 heteroatoms. The quantitative estimate of drug-likeness (QED) is 0.865. The summed E-state index contributed by atoms with van der Waals surface area (Å²) in [5, 5.41) is 3.59. The minimum Gasteiger partial charge on any atom is -0.346 e. The van der Waals surface area contributed by atoms with Crippen LogP contribution in [0.5, 0.6) is 0 Å². The Morgan fingerprint density at radius 1 is 1.14 bits per heavy atom. The van der Waals surface area contributed by atoms with E-state index in [1.807, 2.05) is 19.1 Å². The zero-order valence-electron chi connectivity index (χ0n) is 15.6. The van der Waals surface area contributed by atoms with Gasteiger partial charge in [0.15, 0.2) is 0 Å². The van der Waals surface area contributed by atoms with Gasteiger partial charge in [-0.25, -0.2) is 0 Å². The van der Waals surface area contributed by atoms with E-state index in [2.05, 4.69) is 5.32 Å². The molecule has 2 atom stereocenters. The van der Waals surface area contributed by atoms with E-state index in [-0.39, 0.29) is 36.6 Å². The van der Waals surface area contributed by atoms with Gasteiger partial charge in [-0.15, -0.1) is 0 Å². The topological polar surface area (TPSA) is 69.7 Å². The van der Waals surface area contributed by atoms with E-state index in [9.17, 15) is 14.4 Å². The van der Waals surface area contributed by atoms with Crippen LogP contribution in [0.25, 0.3) is 0 Å². The molecule has 0 aromatic heterocycles. The van der Waals surface area contributed by atoms with Gasteiger partial charge in [-0.1, -0.05) is 35.9 Å². The predicted molar refractivity (Wildman–Crippen MR) is 106 cm³/mol. The molecule has 0 unspecified atom stereocenters. The fourth-order valence-corrected chi connectivity index (χ4v) is 4.20. The first-order valence-electron chi connectivity index (χ1n) is 9.13. The number of likely N-dealkylation sites (N-methyl/N-ethyl adjacent to an activating group) is 1. The second-order valence-electron chi connectivity index (χ2n) is 7.17. The maximum atomic E-state index is 13.4. The van der Waals surface area contributed by atoms with Crippen molar-refractivity contribution in [3.63, 3.8) is 0 Å². The number of hydrogen-bond donors (Lipinski definition) is 1. The van der Waals surface area contributed by atoms with E-state index in [0.717, 1.165) is 5.56 Å². The Bertz CT molecular complexity index is 975. The molecule has 6 nitrogen and oxygen atoms in total. The van der Waals surface area contributed by atoms with Crippen LogP contribution in [0, 0.1) is 0 Å². The van der Waals surface area contributed by atoms with Crippen molar-refractivity contribution in [2.45, 2.75) is 31.5 Å². The highest BCUT2D eigenvalue weighted by atomic mass is 35.5. The molecule has 0 spiro atoms. The van der Waals surface area contributed by atoms with Crippen molar-refractivity contribution in [1.29, 1.82) is 0 Å². The third-order valence-electron chi connectivity index (χ3n) is 5.62. The van der Waals surface area contributed by atoms with Gasteiger partial charge in [-0.3, -0.25) is 19.3 Å². The van der Waals surface area contributed by atoms with Crippen LogP contribution < -0.4 is 10.2 Å². The number of carbonyl (C=O) groups excluding carboxylic acids is 3. The third-order valence-corrected chi connectivity index (χ3v) is 5.87. The first-order valence-corrected chi connectivity index (χ1v) is 9.51. The van der Waals surface area contributed by atoms with Gasteiger partial charge < -0.3 is 10.2 Å². The fraction of sp³-hybridized carbons (Fsp3) is 0.286. The van der Waals surface area contributed by atoms with Crippen molar-refractivity contribution in [3.05, 3.63) is 64.7 Å². The number of rotatable bonds is 3. The molecule has 0 aliphatic carbocycles. The maximum absolute atomic E-state index is 13.4. The Labute approximate surface area is 168 Å². The van der Waals surface area contributed by atoms with Crippen LogP contribution in [0.1, 0.15) is 41.7 Å². The number of halogens is 1. The van der Waals surface area contributed by atoms with Gasteiger partial charge in [-0.05, 0) is 36.8 Å². The van der Waals surface area contributed by atoms with E-state index >= 15 is 0 Å². The van der Waals surface area contributed by atoms with Gasteiger partial charge in [0.2, 0.25) is 11.6 Å². The number of hydrogen-bond acceptors (Lipinski definition) is 3. The van der Waals surface area contributed by atoms with E-state index in [4.69, 9.17) is 11.6 Å². The lowest BCUT2D eigenvalue weighted by Crippen LogP contribution is -2.69. The second kappa shape index (κ2) is 6.63. The Morgan fingerprint density at radius 3 is 2.54 bits per heavy atom. The van der Waals surface area contributed by atoms with Gasteiger partial charge in [0.1, 0.15) is 0 Å². The molecule has 0 radical (unpaired) electrons. The predicted octanol–water partition coefficient (Wildman–Crippen LogP) is 3.13. The van der Waals surface area contributed by atoms with Crippen LogP contribution in [-0.4, -0.2) is 35.3 Å². The molecule has 2 aliphatic rings. The van der Waals surface area contributed by atoms with Crippen molar-refractivity contribution in [2.24, 2.45) is 0 Å². The molecule has 28 heavy (non-hydrogen) atoms. The fourth-order valence-electron chi connectivity index (χ4n) is 4.08. The molecule has 2 aromatic rings. The summed E-state index contributed by atoms with van der Waals surface area (Å²) in [6.07, 6.45) is 0.455. The first kappa shape index (κ1) is 18.5. The molecule has 144 valence electrons. The summed E-state index contributed by atoms with van der Waals surface area (Å²) in [6.45, 7) is 1.86. The van der Waals surface area contributed by atoms with Crippen molar-refractivity contribution >= 4 is 35.0 Å². The van der Waals surface area contributed by atoms with Crippen LogP contribution in [-0.2, 0) is 9.59 Å². The average Bonchev–Trinajstić information content (AvgIpc) is 3.05. The Balaban J connectivity index is 1.72. The normalized spacial score (nSPS) is 22.0. The maximum Gasteiger partial charge on any atom is 0.267 e. The largest absolute Gasteiger partial charge is 0.346 e. The molecule has 3 amide bonds. The zero-order chi connectivity index (χ0) is 20.1. The first-order chi connectivity index (χ1) is 13.4. The number of nitrogens with zero attached hydrogens (tertiary/aromatic N) is 2. The smallest absolute Gasteiger partial charge is 0.267 e. The van der Waals surface area contributed by atoms with Gasteiger partial charge in [0.25, 0.3) is 11.8 Å². The SMILES string of the molecule is C[C@@H](NC(=O)[C@@]12CCC(=O)N1c1ccccc1C(=O)N2C)c1ccc(Cl)cc1. The highest BCUT2D eigenvalue weighted by Crippen LogP contribution is 2.44. The summed E-state index contributed by atoms with van der Waals surface area (Å²) in [4.78, 5) is 42.0. The van der Waals surface area contributed by atoms with Gasteiger partial charge in [0, 0.05) is 24.9 Å². The van der Waals surface area contributed by atoms with E-state index < -0.39 is 5.66 Å². The molecule has 1 N–H and O–H groups in total. The summed E-state index contributed by atoms with van der Waals surface area (Å²) in [5.41, 5.74) is 0.440. The molecule has 2 aromatic carbocycles. The summed E-state index contributed by atoms with van der Waals surface area (Å²) in [6, 6.07) is 13.8. The van der Waals surface area contributed by atoms with Crippen LogP contribution in [0.3, 0.4) is 0 Å². The van der Waals surface area contributed by atoms with Crippen molar-refractivity contribution in [1.82, 2.24) is 10.2 Å². The van der Waals surface area contributed by atoms with Crippen molar-refractivity contribution in [3.8, 4) is 0 Å². The highest BCUT2D eigenvalue weighted by Gasteiger charge is 2.59. The number of anilines is 1. The Morgan fingerprint density at radius 2 is 1.82 bits per heavy atom. The molecule has 0 bridgehead atoms. The van der Waals surface area contributed by atoms with Gasteiger partial charge in [-0.2, -0.15) is 0 Å². The minimum atomic E-state index is -1.36. The molecule has 4 rings (SSSR count). The average molecular weight is 398 g/mol. The van der Waals surface area contributed by atoms with Crippen LogP contribution in [0.4, 0.5) is 5.69 Å². The molecule has 0 saturated carbocycles. The monoisotopic (exact) mass is 397 g/mol. The minimum absolute atomic E-state index is 0.166. The second-order valence-corrected chi connectivity index (χ2v) is 7.61. The Kier molecular flexibility index (Phi) is 4.38. The number of carbonyl (C=O) groups is 3. The summed E-state index contributed by atoms with van der Waals surface area (Å²) in [7, 11) is 1.58.